The van der Waals surface area contributed by atoms with Crippen molar-refractivity contribution >= 4 is 5.91 Å². The minimum absolute atomic E-state index is 0.202. The van der Waals surface area contributed by atoms with E-state index in [9.17, 15) is 4.79 Å². The third-order valence-corrected chi connectivity index (χ3v) is 2.78. The van der Waals surface area contributed by atoms with Crippen molar-refractivity contribution in [1.29, 1.82) is 0 Å². The summed E-state index contributed by atoms with van der Waals surface area (Å²) in [6.45, 7) is 2.21. The number of unbranched alkanes of at least 4 members (excludes halogenated alkanes) is 3. The second kappa shape index (κ2) is 5.84. The Morgan fingerprint density at radius 3 is 2.93 bits per heavy atom. The highest BCUT2D eigenvalue weighted by molar-refractivity contribution is 5.81. The first-order valence-electron chi connectivity index (χ1n) is 5.67. The van der Waals surface area contributed by atoms with E-state index in [1.807, 2.05) is 0 Å². The average Bonchev–Trinajstić information content (AvgIpc) is 2.96. The molecule has 0 bridgehead atoms. The van der Waals surface area contributed by atoms with Gasteiger partial charge in [-0.2, -0.15) is 0 Å². The van der Waals surface area contributed by atoms with Gasteiger partial charge in [0.15, 0.2) is 0 Å². The van der Waals surface area contributed by atoms with Crippen LogP contribution in [0.25, 0.3) is 0 Å². The number of allylic oxidation sites excluding steroid dienone is 2. The lowest BCUT2D eigenvalue weighted by molar-refractivity contribution is -0.122. The van der Waals surface area contributed by atoms with Crippen molar-refractivity contribution in [2.24, 2.45) is 11.8 Å². The molecule has 1 saturated carbocycles. The lowest BCUT2D eigenvalue weighted by atomic mass is 10.2. The Morgan fingerprint density at radius 2 is 2.29 bits per heavy atom. The second-order valence-corrected chi connectivity index (χ2v) is 4.04. The summed E-state index contributed by atoms with van der Waals surface area (Å²) in [5, 5.41) is 2.69. The van der Waals surface area contributed by atoms with Crippen LogP contribution < -0.4 is 5.32 Å². The summed E-state index contributed by atoms with van der Waals surface area (Å²) in [5.74, 6) is 0.993. The van der Waals surface area contributed by atoms with E-state index in [4.69, 9.17) is 0 Å². The lowest BCUT2D eigenvalue weighted by Gasteiger charge is -1.94. The normalized spacial score (nSPS) is 25.3. The highest BCUT2D eigenvalue weighted by Gasteiger charge is 2.40. The third-order valence-electron chi connectivity index (χ3n) is 2.78. The van der Waals surface area contributed by atoms with Gasteiger partial charge < -0.3 is 5.32 Å². The van der Waals surface area contributed by atoms with E-state index in [0.29, 0.717) is 5.92 Å². The van der Waals surface area contributed by atoms with Gasteiger partial charge in [0.25, 0.3) is 0 Å². The molecule has 1 N–H and O–H groups in total. The van der Waals surface area contributed by atoms with Crippen molar-refractivity contribution in [2.75, 3.05) is 7.05 Å². The fourth-order valence-electron chi connectivity index (χ4n) is 1.70. The van der Waals surface area contributed by atoms with Gasteiger partial charge in [-0.3, -0.25) is 4.79 Å². The molecule has 0 saturated heterocycles. The Morgan fingerprint density at radius 1 is 1.50 bits per heavy atom. The highest BCUT2D eigenvalue weighted by atomic mass is 16.1. The summed E-state index contributed by atoms with van der Waals surface area (Å²) in [7, 11) is 1.71. The topological polar surface area (TPSA) is 29.1 Å². The molecule has 0 heterocycles. The van der Waals surface area contributed by atoms with E-state index in [0.717, 1.165) is 6.42 Å². The van der Waals surface area contributed by atoms with Crippen LogP contribution in [-0.2, 0) is 4.79 Å². The number of carbonyl (C=O) groups is 1. The summed E-state index contributed by atoms with van der Waals surface area (Å²) < 4.78 is 0. The summed E-state index contributed by atoms with van der Waals surface area (Å²) in [4.78, 5) is 11.2. The number of rotatable bonds is 6. The van der Waals surface area contributed by atoms with E-state index in [2.05, 4.69) is 24.4 Å². The van der Waals surface area contributed by atoms with Crippen molar-refractivity contribution in [3.63, 3.8) is 0 Å². The van der Waals surface area contributed by atoms with Gasteiger partial charge in [0.05, 0.1) is 0 Å². The summed E-state index contributed by atoms with van der Waals surface area (Å²) in [6, 6.07) is 0. The predicted octanol–water partition coefficient (Wildman–Crippen LogP) is 2.50. The van der Waals surface area contributed by atoms with Crippen LogP contribution in [0, 0.1) is 11.8 Å². The van der Waals surface area contributed by atoms with Crippen LogP contribution in [0.1, 0.15) is 39.0 Å². The molecule has 0 aromatic heterocycles. The molecule has 1 aliphatic rings. The van der Waals surface area contributed by atoms with Gasteiger partial charge in [-0.25, -0.2) is 0 Å². The highest BCUT2D eigenvalue weighted by Crippen LogP contribution is 2.39. The average molecular weight is 195 g/mol. The van der Waals surface area contributed by atoms with Gasteiger partial charge in [0.1, 0.15) is 0 Å². The van der Waals surface area contributed by atoms with Crippen LogP contribution in [0.5, 0.6) is 0 Å². The minimum Gasteiger partial charge on any atom is -0.359 e. The largest absolute Gasteiger partial charge is 0.359 e. The van der Waals surface area contributed by atoms with Crippen LogP contribution >= 0.6 is 0 Å². The van der Waals surface area contributed by atoms with Gasteiger partial charge in [0, 0.05) is 13.0 Å². The molecule has 2 heteroatoms. The molecule has 2 unspecified atom stereocenters. The molecule has 14 heavy (non-hydrogen) atoms. The molecule has 1 aliphatic carbocycles. The first-order valence-corrected chi connectivity index (χ1v) is 5.67. The van der Waals surface area contributed by atoms with Crippen molar-refractivity contribution in [3.8, 4) is 0 Å². The Bertz CT molecular complexity index is 210. The fraction of sp³-hybridized carbons (Fsp3) is 0.750. The molecule has 2 nitrogen and oxygen atoms in total. The van der Waals surface area contributed by atoms with Crippen molar-refractivity contribution in [3.05, 3.63) is 12.2 Å². The molecule has 0 radical (unpaired) electrons. The molecule has 0 spiro atoms. The summed E-state index contributed by atoms with van der Waals surface area (Å²) in [6.07, 6.45) is 10.5. The van der Waals surface area contributed by atoms with Crippen LogP contribution in [0.15, 0.2) is 12.2 Å². The number of hydrogen-bond acceptors (Lipinski definition) is 1. The molecule has 1 amide bonds. The monoisotopic (exact) mass is 195 g/mol. The van der Waals surface area contributed by atoms with Crippen LogP contribution in [0.3, 0.4) is 0 Å². The Labute approximate surface area is 86.8 Å². The maximum atomic E-state index is 11.2. The second-order valence-electron chi connectivity index (χ2n) is 4.04. The van der Waals surface area contributed by atoms with Crippen molar-refractivity contribution < 1.29 is 4.79 Å². The Hall–Kier alpha value is -0.790. The maximum absolute atomic E-state index is 11.2. The summed E-state index contributed by atoms with van der Waals surface area (Å²) >= 11 is 0. The van der Waals surface area contributed by atoms with Crippen LogP contribution in [-0.4, -0.2) is 13.0 Å². The van der Waals surface area contributed by atoms with Crippen LogP contribution in [0.2, 0.25) is 0 Å². The number of hydrogen-bond donors (Lipinski definition) is 1. The van der Waals surface area contributed by atoms with E-state index in [1.54, 1.807) is 7.05 Å². The third kappa shape index (κ3) is 3.52. The molecule has 0 aromatic rings. The molecule has 1 fully saturated rings. The number of amides is 1. The number of nitrogens with one attached hydrogen (secondary N) is 1. The van der Waals surface area contributed by atoms with Crippen LogP contribution in [0.4, 0.5) is 0 Å². The standard InChI is InChI=1S/C12H21NO/c1-3-4-5-6-7-8-10-9-11(10)12(14)13-2/h7-8,10-11H,3-6,9H2,1-2H3,(H,13,14)/b8-7-. The van der Waals surface area contributed by atoms with Gasteiger partial charge in [-0.1, -0.05) is 31.9 Å². The Kier molecular flexibility index (Phi) is 4.71. The molecule has 80 valence electrons. The smallest absolute Gasteiger partial charge is 0.223 e. The van der Waals surface area contributed by atoms with E-state index in [1.165, 1.54) is 25.7 Å². The zero-order chi connectivity index (χ0) is 10.4. The quantitative estimate of drug-likeness (QED) is 0.512. The lowest BCUT2D eigenvalue weighted by Crippen LogP contribution is -2.20. The van der Waals surface area contributed by atoms with Gasteiger partial charge in [-0.05, 0) is 25.2 Å². The minimum atomic E-state index is 0.202. The molecule has 0 aromatic carbocycles. The van der Waals surface area contributed by atoms with Gasteiger partial charge in [0.2, 0.25) is 5.91 Å². The van der Waals surface area contributed by atoms with Gasteiger partial charge in [-0.15, -0.1) is 0 Å². The first kappa shape index (κ1) is 11.3. The summed E-state index contributed by atoms with van der Waals surface area (Å²) in [5.41, 5.74) is 0. The first-order chi connectivity index (χ1) is 6.79. The van der Waals surface area contributed by atoms with E-state index in [-0.39, 0.29) is 11.8 Å². The maximum Gasteiger partial charge on any atom is 0.223 e. The molecular weight excluding hydrogens is 174 g/mol. The molecule has 0 aliphatic heterocycles. The van der Waals surface area contributed by atoms with Crippen molar-refractivity contribution in [1.82, 2.24) is 5.32 Å². The van der Waals surface area contributed by atoms with Gasteiger partial charge >= 0.3 is 0 Å². The zero-order valence-corrected chi connectivity index (χ0v) is 9.25. The fourth-order valence-corrected chi connectivity index (χ4v) is 1.70. The SMILES string of the molecule is CCCCC/C=C\C1CC1C(=O)NC. The molecular formula is C12H21NO. The Balaban J connectivity index is 2.06. The van der Waals surface area contributed by atoms with E-state index < -0.39 is 0 Å². The predicted molar refractivity (Wildman–Crippen MR) is 58.9 cm³/mol. The van der Waals surface area contributed by atoms with E-state index >= 15 is 0 Å². The zero-order valence-electron chi connectivity index (χ0n) is 9.25. The number of carbonyl (C=O) groups excluding carboxylic acids is 1. The molecule has 1 rings (SSSR count). The van der Waals surface area contributed by atoms with Crippen molar-refractivity contribution in [2.45, 2.75) is 39.0 Å². The molecule has 2 atom stereocenters.